The molecule has 1 aromatic heterocycles. The number of carbonyl (C=O) groups is 1. The monoisotopic (exact) mass is 341 g/mol. The summed E-state index contributed by atoms with van der Waals surface area (Å²) in [4.78, 5) is 16.2. The van der Waals surface area contributed by atoms with Gasteiger partial charge in [0.1, 0.15) is 5.75 Å². The molecule has 1 N–H and O–H groups in total. The molecule has 3 aromatic rings. The molecule has 24 heavy (non-hydrogen) atoms. The molecule has 0 saturated heterocycles. The van der Waals surface area contributed by atoms with E-state index in [1.807, 2.05) is 48.1 Å². The van der Waals surface area contributed by atoms with Gasteiger partial charge in [-0.25, -0.2) is 4.98 Å². The zero-order valence-electron chi connectivity index (χ0n) is 13.7. The summed E-state index contributed by atoms with van der Waals surface area (Å²) in [5, 5.41) is 6.03. The molecule has 6 heteroatoms. The van der Waals surface area contributed by atoms with Crippen molar-refractivity contribution in [3.63, 3.8) is 0 Å². The first kappa shape index (κ1) is 16.4. The summed E-state index contributed by atoms with van der Waals surface area (Å²) in [5.74, 6) is 1.20. The van der Waals surface area contributed by atoms with E-state index in [0.717, 1.165) is 27.2 Å². The third kappa shape index (κ3) is 3.89. The van der Waals surface area contributed by atoms with E-state index in [1.54, 1.807) is 13.3 Å². The van der Waals surface area contributed by atoms with Gasteiger partial charge in [0.2, 0.25) is 5.91 Å². The van der Waals surface area contributed by atoms with Crippen LogP contribution in [0.1, 0.15) is 5.56 Å². The molecule has 0 atom stereocenters. The third-order valence-electron chi connectivity index (χ3n) is 3.71. The van der Waals surface area contributed by atoms with Gasteiger partial charge in [0.15, 0.2) is 5.16 Å². The number of methoxy groups -OCH3 is 1. The first-order valence-electron chi connectivity index (χ1n) is 7.59. The Bertz CT molecular complexity index is 860. The maximum atomic E-state index is 12.0. The van der Waals surface area contributed by atoms with Gasteiger partial charge >= 0.3 is 0 Å². The zero-order chi connectivity index (χ0) is 16.9. The maximum absolute atomic E-state index is 12.0. The second kappa shape index (κ2) is 7.40. The van der Waals surface area contributed by atoms with Gasteiger partial charge in [-0.2, -0.15) is 0 Å². The third-order valence-corrected chi connectivity index (χ3v) is 4.77. The molecule has 0 saturated carbocycles. The van der Waals surface area contributed by atoms with Crippen molar-refractivity contribution in [2.75, 3.05) is 12.9 Å². The number of aromatic nitrogens is 2. The summed E-state index contributed by atoms with van der Waals surface area (Å²) in [7, 11) is 3.57. The number of benzene rings is 2. The number of amides is 1. The van der Waals surface area contributed by atoms with E-state index in [4.69, 9.17) is 4.74 Å². The highest BCUT2D eigenvalue weighted by Crippen LogP contribution is 2.22. The first-order valence-corrected chi connectivity index (χ1v) is 8.58. The Balaban J connectivity index is 1.57. The lowest BCUT2D eigenvalue weighted by atomic mass is 10.1. The fourth-order valence-electron chi connectivity index (χ4n) is 2.38. The number of nitrogens with one attached hydrogen (secondary N) is 1. The van der Waals surface area contributed by atoms with E-state index in [2.05, 4.69) is 16.4 Å². The molecule has 0 fully saturated rings. The Labute approximate surface area is 145 Å². The van der Waals surface area contributed by atoms with Crippen LogP contribution in [0.5, 0.6) is 5.75 Å². The van der Waals surface area contributed by atoms with Crippen molar-refractivity contribution in [1.82, 2.24) is 14.9 Å². The van der Waals surface area contributed by atoms with Crippen molar-refractivity contribution in [3.05, 3.63) is 54.4 Å². The summed E-state index contributed by atoms with van der Waals surface area (Å²) >= 11 is 1.43. The number of ether oxygens (including phenoxy) is 1. The number of aryl methyl sites for hydroxylation is 1. The van der Waals surface area contributed by atoms with Gasteiger partial charge in [-0.1, -0.05) is 30.0 Å². The minimum absolute atomic E-state index is 0.00201. The Morgan fingerprint density at radius 3 is 2.79 bits per heavy atom. The minimum atomic E-state index is -0.00201. The van der Waals surface area contributed by atoms with Crippen LogP contribution in [0.15, 0.2) is 53.9 Å². The van der Waals surface area contributed by atoms with Gasteiger partial charge in [-0.15, -0.1) is 0 Å². The number of hydrogen-bond donors (Lipinski definition) is 1. The average molecular weight is 341 g/mol. The highest BCUT2D eigenvalue weighted by molar-refractivity contribution is 7.99. The first-order chi connectivity index (χ1) is 11.7. The minimum Gasteiger partial charge on any atom is -0.497 e. The fourth-order valence-corrected chi connectivity index (χ4v) is 3.15. The molecular weight excluding hydrogens is 322 g/mol. The van der Waals surface area contributed by atoms with Crippen LogP contribution in [-0.4, -0.2) is 28.3 Å². The van der Waals surface area contributed by atoms with Crippen molar-refractivity contribution < 1.29 is 9.53 Å². The number of carbonyl (C=O) groups excluding carboxylic acids is 1. The molecule has 5 nitrogen and oxygen atoms in total. The summed E-state index contributed by atoms with van der Waals surface area (Å²) in [6, 6.07) is 12.1. The number of nitrogens with zero attached hydrogens (tertiary/aromatic N) is 2. The summed E-state index contributed by atoms with van der Waals surface area (Å²) in [5.41, 5.74) is 1.07. The van der Waals surface area contributed by atoms with E-state index in [1.165, 1.54) is 11.8 Å². The Kier molecular flexibility index (Phi) is 5.05. The summed E-state index contributed by atoms with van der Waals surface area (Å²) in [6.07, 6.45) is 3.59. The molecule has 2 aromatic carbocycles. The molecule has 0 aliphatic rings. The lowest BCUT2D eigenvalue weighted by Gasteiger charge is -2.07. The van der Waals surface area contributed by atoms with E-state index in [0.29, 0.717) is 12.3 Å². The van der Waals surface area contributed by atoms with Gasteiger partial charge in [0.25, 0.3) is 0 Å². The molecule has 0 aliphatic heterocycles. The predicted octanol–water partition coefficient (Wildman–Crippen LogP) is 2.99. The van der Waals surface area contributed by atoms with Crippen molar-refractivity contribution in [2.45, 2.75) is 11.7 Å². The molecule has 124 valence electrons. The molecule has 0 spiro atoms. The van der Waals surface area contributed by atoms with Crippen molar-refractivity contribution in [1.29, 1.82) is 0 Å². The van der Waals surface area contributed by atoms with Crippen LogP contribution in [0.2, 0.25) is 0 Å². The molecule has 0 radical (unpaired) electrons. The van der Waals surface area contributed by atoms with Crippen LogP contribution in [-0.2, 0) is 18.4 Å². The number of thioether (sulfide) groups is 1. The summed E-state index contributed by atoms with van der Waals surface area (Å²) < 4.78 is 7.13. The van der Waals surface area contributed by atoms with E-state index >= 15 is 0 Å². The van der Waals surface area contributed by atoms with Gasteiger partial charge in [-0.05, 0) is 34.5 Å². The molecule has 0 aliphatic carbocycles. The number of imidazole rings is 1. The second-order valence-electron chi connectivity index (χ2n) is 5.43. The highest BCUT2D eigenvalue weighted by atomic mass is 32.2. The Hall–Kier alpha value is -2.47. The Morgan fingerprint density at radius 2 is 2.04 bits per heavy atom. The van der Waals surface area contributed by atoms with Gasteiger partial charge < -0.3 is 14.6 Å². The molecule has 1 heterocycles. The van der Waals surface area contributed by atoms with Crippen molar-refractivity contribution in [3.8, 4) is 5.75 Å². The smallest absolute Gasteiger partial charge is 0.230 e. The topological polar surface area (TPSA) is 56.1 Å². The fraction of sp³-hybridized carbons (Fsp3) is 0.222. The van der Waals surface area contributed by atoms with Crippen LogP contribution in [0, 0.1) is 0 Å². The Morgan fingerprint density at radius 1 is 1.25 bits per heavy atom. The van der Waals surface area contributed by atoms with Gasteiger partial charge in [0.05, 0.1) is 12.9 Å². The van der Waals surface area contributed by atoms with Crippen LogP contribution < -0.4 is 10.1 Å². The molecule has 0 bridgehead atoms. The largest absolute Gasteiger partial charge is 0.497 e. The number of rotatable bonds is 6. The van der Waals surface area contributed by atoms with Crippen molar-refractivity contribution in [2.24, 2.45) is 7.05 Å². The highest BCUT2D eigenvalue weighted by Gasteiger charge is 2.06. The summed E-state index contributed by atoms with van der Waals surface area (Å²) in [6.45, 7) is 0.516. The van der Waals surface area contributed by atoms with Crippen LogP contribution >= 0.6 is 11.8 Å². The molecule has 0 unspecified atom stereocenters. The van der Waals surface area contributed by atoms with E-state index < -0.39 is 0 Å². The van der Waals surface area contributed by atoms with E-state index in [-0.39, 0.29) is 5.91 Å². The lowest BCUT2D eigenvalue weighted by Crippen LogP contribution is -2.24. The number of hydrogen-bond acceptors (Lipinski definition) is 4. The standard InChI is InChI=1S/C18H19N3O2S/c1-21-8-7-19-18(21)24-12-17(22)20-11-13-3-4-15-10-16(23-2)6-5-14(15)9-13/h3-10H,11-12H2,1-2H3,(H,20,22). The van der Waals surface area contributed by atoms with Gasteiger partial charge in [-0.3, -0.25) is 4.79 Å². The number of fused-ring (bicyclic) bond motifs is 1. The molecule has 1 amide bonds. The average Bonchev–Trinajstić information content (AvgIpc) is 3.02. The normalized spacial score (nSPS) is 10.8. The maximum Gasteiger partial charge on any atom is 0.230 e. The van der Waals surface area contributed by atoms with Crippen LogP contribution in [0.25, 0.3) is 10.8 Å². The zero-order valence-corrected chi connectivity index (χ0v) is 14.5. The molecule has 3 rings (SSSR count). The SMILES string of the molecule is COc1ccc2cc(CNC(=O)CSc3nccn3C)ccc2c1. The predicted molar refractivity (Wildman–Crippen MR) is 96.3 cm³/mol. The quantitative estimate of drug-likeness (QED) is 0.700. The van der Waals surface area contributed by atoms with Gasteiger partial charge in [0, 0.05) is 26.0 Å². The van der Waals surface area contributed by atoms with Crippen LogP contribution in [0.4, 0.5) is 0 Å². The van der Waals surface area contributed by atoms with Crippen molar-refractivity contribution >= 4 is 28.4 Å². The van der Waals surface area contributed by atoms with Crippen LogP contribution in [0.3, 0.4) is 0 Å². The molecular formula is C18H19N3O2S. The van der Waals surface area contributed by atoms with E-state index in [9.17, 15) is 4.79 Å². The second-order valence-corrected chi connectivity index (χ2v) is 6.38. The lowest BCUT2D eigenvalue weighted by molar-refractivity contribution is -0.118.